The van der Waals surface area contributed by atoms with Crippen LogP contribution >= 0.6 is 11.6 Å². The van der Waals surface area contributed by atoms with Crippen molar-refractivity contribution in [1.82, 2.24) is 15.4 Å². The van der Waals surface area contributed by atoms with E-state index in [4.69, 9.17) is 11.6 Å². The van der Waals surface area contributed by atoms with Crippen LogP contribution in [0.15, 0.2) is 18.3 Å². The average molecular weight is 269 g/mol. The largest absolute Gasteiger partial charge is 0.333 e. The molecule has 1 aliphatic rings. The third-order valence-corrected chi connectivity index (χ3v) is 3.06. The smallest absolute Gasteiger partial charge is 0.307 e. The summed E-state index contributed by atoms with van der Waals surface area (Å²) < 4.78 is 0. The van der Waals surface area contributed by atoms with Crippen molar-refractivity contribution in [3.8, 4) is 0 Å². The number of pyridine rings is 1. The van der Waals surface area contributed by atoms with Crippen LogP contribution in [0.2, 0.25) is 5.15 Å². The molecular formula is C12H17ClN4O. The molecule has 2 rings (SSSR count). The number of amides is 2. The zero-order valence-electron chi connectivity index (χ0n) is 10.2. The molecule has 1 aliphatic heterocycles. The number of hydrogen-bond donors (Lipinski definition) is 2. The quantitative estimate of drug-likeness (QED) is 0.811. The topological polar surface area (TPSA) is 57.3 Å². The Labute approximate surface area is 111 Å². The van der Waals surface area contributed by atoms with Crippen LogP contribution in [-0.4, -0.2) is 29.1 Å². The lowest BCUT2D eigenvalue weighted by Gasteiger charge is -2.20. The molecule has 0 spiro atoms. The Kier molecular flexibility index (Phi) is 4.78. The number of rotatable bonds is 2. The molecule has 18 heavy (non-hydrogen) atoms. The Hall–Kier alpha value is -1.33. The van der Waals surface area contributed by atoms with Crippen molar-refractivity contribution in [2.75, 3.05) is 18.4 Å². The second-order valence-corrected chi connectivity index (χ2v) is 4.72. The van der Waals surface area contributed by atoms with Crippen molar-refractivity contribution in [3.63, 3.8) is 0 Å². The predicted molar refractivity (Wildman–Crippen MR) is 71.4 cm³/mol. The average Bonchev–Trinajstić information content (AvgIpc) is 2.57. The van der Waals surface area contributed by atoms with E-state index >= 15 is 0 Å². The van der Waals surface area contributed by atoms with Crippen LogP contribution in [-0.2, 0) is 0 Å². The second-order valence-electron chi connectivity index (χ2n) is 4.33. The lowest BCUT2D eigenvalue weighted by atomic mass is 10.2. The van der Waals surface area contributed by atoms with E-state index < -0.39 is 0 Å². The van der Waals surface area contributed by atoms with Gasteiger partial charge in [0.2, 0.25) is 0 Å². The Morgan fingerprint density at radius 1 is 1.28 bits per heavy atom. The SMILES string of the molecule is O=C(Nc1ccnc(Cl)c1)NN1CCCCCC1. The molecule has 0 bridgehead atoms. The highest BCUT2D eigenvalue weighted by atomic mass is 35.5. The molecule has 1 aromatic heterocycles. The molecule has 0 atom stereocenters. The first-order valence-electron chi connectivity index (χ1n) is 6.18. The summed E-state index contributed by atoms with van der Waals surface area (Å²) in [5.74, 6) is 0. The van der Waals surface area contributed by atoms with E-state index in [1.54, 1.807) is 18.3 Å². The van der Waals surface area contributed by atoms with Crippen LogP contribution in [0.1, 0.15) is 25.7 Å². The van der Waals surface area contributed by atoms with Crippen LogP contribution in [0.25, 0.3) is 0 Å². The van der Waals surface area contributed by atoms with Gasteiger partial charge in [-0.15, -0.1) is 0 Å². The van der Waals surface area contributed by atoms with Crippen LogP contribution in [0, 0.1) is 0 Å². The Bertz CT molecular complexity index is 405. The Balaban J connectivity index is 1.84. The number of hydrazine groups is 1. The molecule has 1 aromatic rings. The number of halogens is 1. The molecule has 0 aliphatic carbocycles. The standard InChI is InChI=1S/C12H17ClN4O/c13-11-9-10(5-6-14-11)15-12(18)16-17-7-3-1-2-4-8-17/h5-6,9H,1-4,7-8H2,(H2,14,15,16,18). The van der Waals surface area contributed by atoms with Crippen molar-refractivity contribution in [2.24, 2.45) is 0 Å². The fraction of sp³-hybridized carbons (Fsp3) is 0.500. The van der Waals surface area contributed by atoms with Crippen molar-refractivity contribution >= 4 is 23.3 Å². The van der Waals surface area contributed by atoms with Gasteiger partial charge in [0.25, 0.3) is 0 Å². The fourth-order valence-corrected chi connectivity index (χ4v) is 2.14. The first-order valence-corrected chi connectivity index (χ1v) is 6.56. The third kappa shape index (κ3) is 4.16. The number of nitrogens with one attached hydrogen (secondary N) is 2. The van der Waals surface area contributed by atoms with Gasteiger partial charge >= 0.3 is 6.03 Å². The number of carbonyl (C=O) groups is 1. The number of urea groups is 1. The summed E-state index contributed by atoms with van der Waals surface area (Å²) in [5.41, 5.74) is 3.49. The van der Waals surface area contributed by atoms with Crippen LogP contribution in [0.3, 0.4) is 0 Å². The van der Waals surface area contributed by atoms with E-state index in [1.165, 1.54) is 12.8 Å². The van der Waals surface area contributed by atoms with Crippen molar-refractivity contribution < 1.29 is 4.79 Å². The van der Waals surface area contributed by atoms with Gasteiger partial charge in [0.1, 0.15) is 5.15 Å². The summed E-state index contributed by atoms with van der Waals surface area (Å²) in [6.45, 7) is 1.81. The number of nitrogens with zero attached hydrogens (tertiary/aromatic N) is 2. The van der Waals surface area contributed by atoms with Gasteiger partial charge in [-0.25, -0.2) is 14.8 Å². The molecular weight excluding hydrogens is 252 g/mol. The molecule has 98 valence electrons. The third-order valence-electron chi connectivity index (χ3n) is 2.85. The van der Waals surface area contributed by atoms with Gasteiger partial charge < -0.3 is 5.32 Å². The number of aromatic nitrogens is 1. The Morgan fingerprint density at radius 2 is 2.00 bits per heavy atom. The van der Waals surface area contributed by atoms with Crippen LogP contribution < -0.4 is 10.7 Å². The minimum absolute atomic E-state index is 0.237. The van der Waals surface area contributed by atoms with E-state index in [2.05, 4.69) is 15.7 Å². The second kappa shape index (κ2) is 6.56. The minimum Gasteiger partial charge on any atom is -0.307 e. The predicted octanol–water partition coefficient (Wildman–Crippen LogP) is 2.65. The number of carbonyl (C=O) groups excluding carboxylic acids is 1. The maximum atomic E-state index is 11.8. The van der Waals surface area contributed by atoms with Gasteiger partial charge in [0, 0.05) is 25.0 Å². The van der Waals surface area contributed by atoms with Gasteiger partial charge in [0.15, 0.2) is 0 Å². The lowest BCUT2D eigenvalue weighted by molar-refractivity contribution is 0.190. The Morgan fingerprint density at radius 3 is 2.67 bits per heavy atom. The van der Waals surface area contributed by atoms with Gasteiger partial charge in [-0.3, -0.25) is 5.43 Å². The van der Waals surface area contributed by atoms with Gasteiger partial charge in [0.05, 0.1) is 0 Å². The molecule has 0 saturated carbocycles. The van der Waals surface area contributed by atoms with Crippen LogP contribution in [0.4, 0.5) is 10.5 Å². The van der Waals surface area contributed by atoms with Crippen molar-refractivity contribution in [1.29, 1.82) is 0 Å². The van der Waals surface area contributed by atoms with Gasteiger partial charge in [-0.05, 0) is 25.0 Å². The molecule has 2 amide bonds. The normalized spacial score (nSPS) is 16.9. The van der Waals surface area contributed by atoms with Gasteiger partial charge in [-0.1, -0.05) is 24.4 Å². The van der Waals surface area contributed by atoms with Gasteiger partial charge in [-0.2, -0.15) is 0 Å². The van der Waals surface area contributed by atoms with Crippen LogP contribution in [0.5, 0.6) is 0 Å². The van der Waals surface area contributed by atoms with E-state index in [9.17, 15) is 4.79 Å². The monoisotopic (exact) mass is 268 g/mol. The summed E-state index contributed by atoms with van der Waals surface area (Å²) in [6.07, 6.45) is 6.28. The maximum Gasteiger partial charge on any atom is 0.333 e. The highest BCUT2D eigenvalue weighted by molar-refractivity contribution is 6.29. The number of hydrogen-bond acceptors (Lipinski definition) is 3. The molecule has 0 unspecified atom stereocenters. The first kappa shape index (κ1) is 13.1. The molecule has 1 fully saturated rings. The summed E-state index contributed by atoms with van der Waals surface area (Å²) in [5, 5.41) is 5.06. The molecule has 1 saturated heterocycles. The highest BCUT2D eigenvalue weighted by Crippen LogP contribution is 2.12. The van der Waals surface area contributed by atoms with E-state index in [1.807, 2.05) is 5.01 Å². The molecule has 5 nitrogen and oxygen atoms in total. The first-order chi connectivity index (χ1) is 8.74. The molecule has 0 radical (unpaired) electrons. The van der Waals surface area contributed by atoms with Crippen molar-refractivity contribution in [3.05, 3.63) is 23.5 Å². The number of anilines is 1. The molecule has 2 N–H and O–H groups in total. The zero-order valence-corrected chi connectivity index (χ0v) is 10.9. The molecule has 0 aromatic carbocycles. The summed E-state index contributed by atoms with van der Waals surface area (Å²) in [7, 11) is 0. The van der Waals surface area contributed by atoms with E-state index in [0.717, 1.165) is 25.9 Å². The summed E-state index contributed by atoms with van der Waals surface area (Å²) in [6, 6.07) is 3.08. The highest BCUT2D eigenvalue weighted by Gasteiger charge is 2.11. The molecule has 2 heterocycles. The maximum absolute atomic E-state index is 11.8. The summed E-state index contributed by atoms with van der Waals surface area (Å²) >= 11 is 5.75. The fourth-order valence-electron chi connectivity index (χ4n) is 1.97. The van der Waals surface area contributed by atoms with Crippen molar-refractivity contribution in [2.45, 2.75) is 25.7 Å². The summed E-state index contributed by atoms with van der Waals surface area (Å²) in [4.78, 5) is 15.6. The van der Waals surface area contributed by atoms with E-state index in [-0.39, 0.29) is 6.03 Å². The minimum atomic E-state index is -0.237. The zero-order chi connectivity index (χ0) is 12.8. The lowest BCUT2D eigenvalue weighted by Crippen LogP contribution is -2.44. The van der Waals surface area contributed by atoms with E-state index in [0.29, 0.717) is 10.8 Å². The molecule has 6 heteroatoms.